The van der Waals surface area contributed by atoms with Crippen molar-refractivity contribution >= 4 is 45.2 Å². The number of hydrogen-bond acceptors (Lipinski definition) is 2. The Bertz CT molecular complexity index is 283. The van der Waals surface area contributed by atoms with E-state index in [9.17, 15) is 0 Å². The number of unbranched alkanes of at least 4 members (excludes halogenated alkanes) is 14. The summed E-state index contributed by atoms with van der Waals surface area (Å²) >= 11 is 5.04. The maximum atomic E-state index is 6.08. The van der Waals surface area contributed by atoms with E-state index in [0.29, 0.717) is 0 Å². The van der Waals surface area contributed by atoms with E-state index < -0.39 is 0 Å². The van der Waals surface area contributed by atoms with Gasteiger partial charge in [-0.3, -0.25) is 0 Å². The van der Waals surface area contributed by atoms with Crippen LogP contribution in [0.4, 0.5) is 0 Å². The minimum absolute atomic E-state index is 0.196. The van der Waals surface area contributed by atoms with Crippen molar-refractivity contribution in [2.75, 3.05) is 35.3 Å². The van der Waals surface area contributed by atoms with Crippen LogP contribution in [0.25, 0.3) is 0 Å². The van der Waals surface area contributed by atoms with Gasteiger partial charge >= 0.3 is 0 Å². The smallest absolute Gasteiger partial charge is 0.0559 e. The summed E-state index contributed by atoms with van der Waals surface area (Å²) in [7, 11) is 0. The number of ether oxygens (including phenoxy) is 2. The van der Waals surface area contributed by atoms with Crippen molar-refractivity contribution in [1.82, 2.24) is 0 Å². The summed E-state index contributed by atoms with van der Waals surface area (Å²) < 4.78 is 14.4. The Balaban J connectivity index is 3.64. The van der Waals surface area contributed by atoms with E-state index in [1.165, 1.54) is 103 Å². The van der Waals surface area contributed by atoms with Gasteiger partial charge in [0.05, 0.1) is 13.2 Å². The lowest BCUT2D eigenvalue weighted by molar-refractivity contribution is 0.00260. The third-order valence-electron chi connectivity index (χ3n) is 5.67. The molecule has 0 aliphatic heterocycles. The first-order valence-electron chi connectivity index (χ1n) is 12.5. The molecule has 0 amide bonds. The van der Waals surface area contributed by atoms with E-state index in [0.717, 1.165) is 35.3 Å². The average molecular weight is 636 g/mol. The molecule has 0 aliphatic rings. The molecule has 0 aromatic carbocycles. The third kappa shape index (κ3) is 19.8. The molecule has 0 spiro atoms. The SMILES string of the molecule is CCCCCCCCCCOCC(CI)(CI)COCCCCCCCCCC. The summed E-state index contributed by atoms with van der Waals surface area (Å²) in [4.78, 5) is 0. The van der Waals surface area contributed by atoms with Gasteiger partial charge in [0.1, 0.15) is 0 Å². The Hall–Kier alpha value is 1.38. The Labute approximate surface area is 210 Å². The van der Waals surface area contributed by atoms with E-state index in [-0.39, 0.29) is 5.41 Å². The van der Waals surface area contributed by atoms with Crippen molar-refractivity contribution in [3.63, 3.8) is 0 Å². The highest BCUT2D eigenvalue weighted by molar-refractivity contribution is 14.1. The van der Waals surface area contributed by atoms with E-state index >= 15 is 0 Å². The van der Waals surface area contributed by atoms with Crippen molar-refractivity contribution in [3.8, 4) is 0 Å². The van der Waals surface area contributed by atoms with Crippen molar-refractivity contribution in [2.45, 2.75) is 117 Å². The molecule has 0 rings (SSSR count). The van der Waals surface area contributed by atoms with Crippen molar-refractivity contribution in [1.29, 1.82) is 0 Å². The Morgan fingerprint density at radius 2 is 0.793 bits per heavy atom. The topological polar surface area (TPSA) is 18.5 Å². The summed E-state index contributed by atoms with van der Waals surface area (Å²) in [6.07, 6.45) is 21.8. The highest BCUT2D eigenvalue weighted by Gasteiger charge is 2.28. The van der Waals surface area contributed by atoms with E-state index in [1.807, 2.05) is 0 Å². The highest BCUT2D eigenvalue weighted by Crippen LogP contribution is 2.25. The molecule has 0 heterocycles. The molecular formula is C25H50I2O2. The van der Waals surface area contributed by atoms with Crippen LogP contribution in [0.2, 0.25) is 0 Å². The molecule has 0 saturated carbocycles. The maximum Gasteiger partial charge on any atom is 0.0559 e. The first kappa shape index (κ1) is 30.4. The molecule has 0 radical (unpaired) electrons. The van der Waals surface area contributed by atoms with Crippen LogP contribution in [0.1, 0.15) is 117 Å². The molecule has 0 aromatic heterocycles. The Morgan fingerprint density at radius 1 is 0.483 bits per heavy atom. The van der Waals surface area contributed by atoms with E-state index in [1.54, 1.807) is 0 Å². The molecule has 2 nitrogen and oxygen atoms in total. The standard InChI is InChI=1S/C25H50I2O2/c1-3-5-7-9-11-13-15-17-19-28-23-25(21-26,22-27)24-29-20-18-16-14-12-10-8-6-4-2/h3-24H2,1-2H3. The molecule has 0 unspecified atom stereocenters. The van der Waals surface area contributed by atoms with Crippen LogP contribution < -0.4 is 0 Å². The minimum Gasteiger partial charge on any atom is -0.381 e. The summed E-state index contributed by atoms with van der Waals surface area (Å²) in [5.41, 5.74) is 0.196. The molecule has 0 aliphatic carbocycles. The van der Waals surface area contributed by atoms with Crippen molar-refractivity contribution in [3.05, 3.63) is 0 Å². The lowest BCUT2D eigenvalue weighted by atomic mass is 9.96. The first-order valence-corrected chi connectivity index (χ1v) is 15.6. The normalized spacial score (nSPS) is 12.0. The quantitative estimate of drug-likeness (QED) is 0.0598. The number of alkyl halides is 2. The molecule has 0 aromatic rings. The predicted molar refractivity (Wildman–Crippen MR) is 147 cm³/mol. The van der Waals surface area contributed by atoms with Crippen molar-refractivity contribution in [2.24, 2.45) is 5.41 Å². The molecule has 29 heavy (non-hydrogen) atoms. The lowest BCUT2D eigenvalue weighted by Gasteiger charge is -2.29. The van der Waals surface area contributed by atoms with Crippen LogP contribution >= 0.6 is 45.2 Å². The Morgan fingerprint density at radius 3 is 1.10 bits per heavy atom. The van der Waals surface area contributed by atoms with Gasteiger partial charge in [0.2, 0.25) is 0 Å². The molecule has 0 bridgehead atoms. The lowest BCUT2D eigenvalue weighted by Crippen LogP contribution is -2.36. The number of hydrogen-bond donors (Lipinski definition) is 0. The van der Waals surface area contributed by atoms with Crippen LogP contribution in [0, 0.1) is 5.41 Å². The largest absolute Gasteiger partial charge is 0.381 e. The van der Waals surface area contributed by atoms with Crippen molar-refractivity contribution < 1.29 is 9.47 Å². The summed E-state index contributed by atoms with van der Waals surface area (Å²) in [5, 5.41) is 0. The fourth-order valence-corrected chi connectivity index (χ4v) is 5.94. The summed E-state index contributed by atoms with van der Waals surface area (Å²) in [6.45, 7) is 8.11. The monoisotopic (exact) mass is 636 g/mol. The van der Waals surface area contributed by atoms with E-state index in [2.05, 4.69) is 59.0 Å². The second-order valence-electron chi connectivity index (χ2n) is 8.82. The van der Waals surface area contributed by atoms with Gasteiger partial charge in [0.15, 0.2) is 0 Å². The van der Waals surface area contributed by atoms with Crippen LogP contribution in [-0.2, 0) is 9.47 Å². The molecule has 0 N–H and O–H groups in total. The average Bonchev–Trinajstić information content (AvgIpc) is 2.75. The first-order chi connectivity index (χ1) is 14.2. The molecule has 4 heteroatoms. The van der Waals surface area contributed by atoms with Gasteiger partial charge in [-0.05, 0) is 12.8 Å². The minimum atomic E-state index is 0.196. The summed E-state index contributed by atoms with van der Waals surface area (Å²) in [5.74, 6) is 0. The van der Waals surface area contributed by atoms with Gasteiger partial charge in [-0.25, -0.2) is 0 Å². The van der Waals surface area contributed by atoms with Gasteiger partial charge < -0.3 is 9.47 Å². The fraction of sp³-hybridized carbons (Fsp3) is 1.00. The van der Waals surface area contributed by atoms with Crippen LogP contribution in [0.5, 0.6) is 0 Å². The van der Waals surface area contributed by atoms with Crippen LogP contribution in [0.3, 0.4) is 0 Å². The van der Waals surface area contributed by atoms with Crippen LogP contribution in [-0.4, -0.2) is 35.3 Å². The van der Waals surface area contributed by atoms with Gasteiger partial charge in [-0.2, -0.15) is 0 Å². The zero-order chi connectivity index (χ0) is 21.5. The van der Waals surface area contributed by atoms with Gasteiger partial charge in [0, 0.05) is 27.5 Å². The number of rotatable bonds is 24. The highest BCUT2D eigenvalue weighted by atomic mass is 127. The number of halogens is 2. The third-order valence-corrected chi connectivity index (χ3v) is 8.90. The van der Waals surface area contributed by atoms with Gasteiger partial charge in [-0.1, -0.05) is 149 Å². The fourth-order valence-electron chi connectivity index (χ4n) is 3.49. The van der Waals surface area contributed by atoms with Gasteiger partial charge in [0.25, 0.3) is 0 Å². The molecule has 0 fully saturated rings. The second kappa shape index (κ2) is 24.0. The zero-order valence-electron chi connectivity index (χ0n) is 19.6. The predicted octanol–water partition coefficient (Wildman–Crippen LogP) is 9.16. The van der Waals surface area contributed by atoms with Gasteiger partial charge in [-0.15, -0.1) is 0 Å². The molecular weight excluding hydrogens is 586 g/mol. The zero-order valence-corrected chi connectivity index (χ0v) is 23.9. The summed E-state index contributed by atoms with van der Waals surface area (Å²) in [6, 6.07) is 0. The molecule has 0 atom stereocenters. The van der Waals surface area contributed by atoms with E-state index in [4.69, 9.17) is 9.47 Å². The molecule has 176 valence electrons. The molecule has 0 saturated heterocycles. The second-order valence-corrected chi connectivity index (χ2v) is 10.3. The van der Waals surface area contributed by atoms with Crippen LogP contribution in [0.15, 0.2) is 0 Å². The maximum absolute atomic E-state index is 6.08. The Kier molecular flexibility index (Phi) is 25.2.